The lowest BCUT2D eigenvalue weighted by molar-refractivity contribution is 0.669. The van der Waals surface area contributed by atoms with Gasteiger partial charge in [0.05, 0.1) is 5.69 Å². The highest BCUT2D eigenvalue weighted by atomic mass is 16.3. The first-order chi connectivity index (χ1) is 33.7. The van der Waals surface area contributed by atoms with Crippen molar-refractivity contribution in [1.82, 2.24) is 0 Å². The number of fused-ring (bicyclic) bond motifs is 7. The molecule has 1 aromatic heterocycles. The fraction of sp³-hybridized carbons (Fsp3) is 0. The zero-order valence-corrected chi connectivity index (χ0v) is 37.2. The van der Waals surface area contributed by atoms with Crippen LogP contribution in [0, 0.1) is 0 Å². The molecule has 0 aliphatic carbocycles. The van der Waals surface area contributed by atoms with Crippen LogP contribution in [-0.4, -0.2) is 0 Å². The SMILES string of the molecule is c1ccc(-c2c(-c3ccccc3)c3cc(-c4cccc(N(c5ccc(-c6ccc(-c7cccc8ccccc78)cc6)cc5)c5cccc6c5oc5ccccc56)c4)ccc3c3ccccc23)cc1. The van der Waals surface area contributed by atoms with Gasteiger partial charge >= 0.3 is 0 Å². The van der Waals surface area contributed by atoms with Gasteiger partial charge in [-0.1, -0.05) is 218 Å². The third-order valence-corrected chi connectivity index (χ3v) is 13.7. The minimum atomic E-state index is 0.853. The molecule has 0 unspecified atom stereocenters. The molecule has 2 nitrogen and oxygen atoms in total. The number of rotatable bonds is 8. The van der Waals surface area contributed by atoms with Crippen LogP contribution in [0.2, 0.25) is 0 Å². The number of furan rings is 1. The number of hydrogen-bond acceptors (Lipinski definition) is 2. The van der Waals surface area contributed by atoms with E-state index >= 15 is 0 Å². The molecule has 318 valence electrons. The third kappa shape index (κ3) is 6.73. The Bertz CT molecular complexity index is 3990. The average molecular weight is 866 g/mol. The van der Waals surface area contributed by atoms with Gasteiger partial charge in [-0.25, -0.2) is 0 Å². The molecule has 0 spiro atoms. The summed E-state index contributed by atoms with van der Waals surface area (Å²) >= 11 is 0. The molecule has 13 rings (SSSR count). The maximum absolute atomic E-state index is 6.73. The van der Waals surface area contributed by atoms with Crippen LogP contribution in [0.5, 0.6) is 0 Å². The first-order valence-corrected chi connectivity index (χ1v) is 23.3. The summed E-state index contributed by atoms with van der Waals surface area (Å²) in [4.78, 5) is 2.35. The second kappa shape index (κ2) is 16.5. The molecule has 0 radical (unpaired) electrons. The molecule has 0 aliphatic heterocycles. The van der Waals surface area contributed by atoms with E-state index < -0.39 is 0 Å². The van der Waals surface area contributed by atoms with Gasteiger partial charge in [0.15, 0.2) is 5.58 Å². The van der Waals surface area contributed by atoms with Crippen LogP contribution in [0.15, 0.2) is 265 Å². The fourth-order valence-corrected chi connectivity index (χ4v) is 10.5. The van der Waals surface area contributed by atoms with Crippen molar-refractivity contribution in [2.24, 2.45) is 0 Å². The molecule has 0 N–H and O–H groups in total. The van der Waals surface area contributed by atoms with Crippen molar-refractivity contribution in [2.75, 3.05) is 4.90 Å². The van der Waals surface area contributed by atoms with Gasteiger partial charge in [-0.15, -0.1) is 0 Å². The summed E-state index contributed by atoms with van der Waals surface area (Å²) in [7, 11) is 0. The number of para-hydroxylation sites is 2. The lowest BCUT2D eigenvalue weighted by Gasteiger charge is -2.26. The summed E-state index contributed by atoms with van der Waals surface area (Å²) in [6, 6.07) is 94.4. The third-order valence-electron chi connectivity index (χ3n) is 13.7. The first kappa shape index (κ1) is 39.4. The molecule has 0 saturated heterocycles. The van der Waals surface area contributed by atoms with E-state index in [9.17, 15) is 0 Å². The summed E-state index contributed by atoms with van der Waals surface area (Å²) in [5.74, 6) is 0. The second-order valence-corrected chi connectivity index (χ2v) is 17.6. The second-order valence-electron chi connectivity index (χ2n) is 17.6. The minimum Gasteiger partial charge on any atom is -0.454 e. The largest absolute Gasteiger partial charge is 0.454 e. The van der Waals surface area contributed by atoms with Gasteiger partial charge in [-0.2, -0.15) is 0 Å². The molecule has 0 amide bonds. The molecular formula is C66H43NO. The van der Waals surface area contributed by atoms with Crippen LogP contribution in [-0.2, 0) is 0 Å². The van der Waals surface area contributed by atoms with Crippen LogP contribution in [0.4, 0.5) is 17.1 Å². The molecule has 0 bridgehead atoms. The summed E-state index contributed by atoms with van der Waals surface area (Å²) in [5.41, 5.74) is 16.7. The van der Waals surface area contributed by atoms with Crippen LogP contribution in [0.1, 0.15) is 0 Å². The van der Waals surface area contributed by atoms with E-state index in [1.807, 2.05) is 6.07 Å². The van der Waals surface area contributed by atoms with E-state index in [-0.39, 0.29) is 0 Å². The molecule has 13 aromatic rings. The van der Waals surface area contributed by atoms with Gasteiger partial charge in [0.2, 0.25) is 0 Å². The fourth-order valence-electron chi connectivity index (χ4n) is 10.5. The van der Waals surface area contributed by atoms with E-state index in [1.54, 1.807) is 0 Å². The van der Waals surface area contributed by atoms with Crippen molar-refractivity contribution in [1.29, 1.82) is 0 Å². The van der Waals surface area contributed by atoms with Crippen LogP contribution in [0.3, 0.4) is 0 Å². The molecule has 0 aliphatic rings. The Labute approximate surface area is 395 Å². The Kier molecular flexibility index (Phi) is 9.54. The minimum absolute atomic E-state index is 0.853. The molecule has 0 saturated carbocycles. The van der Waals surface area contributed by atoms with Gasteiger partial charge in [0.25, 0.3) is 0 Å². The number of nitrogens with zero attached hydrogens (tertiary/aromatic N) is 1. The van der Waals surface area contributed by atoms with E-state index in [0.29, 0.717) is 0 Å². The zero-order chi connectivity index (χ0) is 45.0. The summed E-state index contributed by atoms with van der Waals surface area (Å²) in [6.07, 6.45) is 0. The summed E-state index contributed by atoms with van der Waals surface area (Å²) in [5, 5.41) is 9.66. The lowest BCUT2D eigenvalue weighted by Crippen LogP contribution is -2.10. The molecule has 0 fully saturated rings. The van der Waals surface area contributed by atoms with Gasteiger partial charge < -0.3 is 9.32 Å². The van der Waals surface area contributed by atoms with Crippen LogP contribution < -0.4 is 4.90 Å². The van der Waals surface area contributed by atoms with Crippen LogP contribution in [0.25, 0.3) is 110 Å². The standard InChI is InChI=1S/C66H43NO/c1-3-17-48(18-4-1)64-59-27-10-9-25-56(59)57-41-38-51(43-61(57)65(64)49-19-5-2-6-20-49)50-22-13-23-53(42-50)67(62-30-15-29-60-58-26-11-12-31-63(58)68-66(60)62)52-39-36-45(37-40-52)44-32-34-47(35-33-44)55-28-14-21-46-16-7-8-24-54(46)55/h1-43H. The van der Waals surface area contributed by atoms with E-state index in [1.165, 1.54) is 71.3 Å². The van der Waals surface area contributed by atoms with Crippen molar-refractivity contribution < 1.29 is 4.42 Å². The van der Waals surface area contributed by atoms with Gasteiger partial charge in [0, 0.05) is 22.1 Å². The lowest BCUT2D eigenvalue weighted by atomic mass is 9.84. The van der Waals surface area contributed by atoms with Crippen molar-refractivity contribution in [3.63, 3.8) is 0 Å². The Hall–Kier alpha value is -8.98. The molecule has 2 heteroatoms. The first-order valence-electron chi connectivity index (χ1n) is 23.3. The van der Waals surface area contributed by atoms with Gasteiger partial charge in [-0.3, -0.25) is 0 Å². The van der Waals surface area contributed by atoms with Gasteiger partial charge in [0.1, 0.15) is 5.58 Å². The maximum atomic E-state index is 6.73. The van der Waals surface area contributed by atoms with Gasteiger partial charge in [-0.05, 0) is 130 Å². The molecule has 1 heterocycles. The Morgan fingerprint density at radius 1 is 0.265 bits per heavy atom. The van der Waals surface area contributed by atoms with Crippen molar-refractivity contribution in [3.05, 3.63) is 261 Å². The summed E-state index contributed by atoms with van der Waals surface area (Å²) < 4.78 is 6.73. The van der Waals surface area contributed by atoms with E-state index in [2.05, 4.69) is 260 Å². The normalized spacial score (nSPS) is 11.5. The Morgan fingerprint density at radius 2 is 0.779 bits per heavy atom. The maximum Gasteiger partial charge on any atom is 0.159 e. The monoisotopic (exact) mass is 865 g/mol. The molecule has 0 atom stereocenters. The highest BCUT2D eigenvalue weighted by molar-refractivity contribution is 6.22. The smallest absolute Gasteiger partial charge is 0.159 e. The zero-order valence-electron chi connectivity index (χ0n) is 37.2. The summed E-state index contributed by atoms with van der Waals surface area (Å²) in [6.45, 7) is 0. The Balaban J connectivity index is 0.951. The van der Waals surface area contributed by atoms with E-state index in [0.717, 1.165) is 55.7 Å². The van der Waals surface area contributed by atoms with Crippen molar-refractivity contribution in [2.45, 2.75) is 0 Å². The predicted octanol–water partition coefficient (Wildman–Crippen LogP) is 18.9. The van der Waals surface area contributed by atoms with E-state index in [4.69, 9.17) is 4.42 Å². The van der Waals surface area contributed by atoms with Crippen molar-refractivity contribution in [3.8, 4) is 55.6 Å². The van der Waals surface area contributed by atoms with Crippen LogP contribution >= 0.6 is 0 Å². The number of hydrogen-bond donors (Lipinski definition) is 0. The molecular weight excluding hydrogens is 823 g/mol. The molecule has 68 heavy (non-hydrogen) atoms. The molecule has 12 aromatic carbocycles. The quantitative estimate of drug-likeness (QED) is 0.142. The van der Waals surface area contributed by atoms with Crippen molar-refractivity contribution >= 4 is 71.3 Å². The topological polar surface area (TPSA) is 16.4 Å². The highest BCUT2D eigenvalue weighted by Crippen LogP contribution is 2.47. The average Bonchev–Trinajstić information content (AvgIpc) is 3.81. The highest BCUT2D eigenvalue weighted by Gasteiger charge is 2.22. The Morgan fingerprint density at radius 3 is 1.54 bits per heavy atom. The predicted molar refractivity (Wildman–Crippen MR) is 288 cm³/mol. The number of anilines is 3. The number of benzene rings is 12.